The molecule has 0 saturated carbocycles. The van der Waals surface area contributed by atoms with Gasteiger partial charge in [0.15, 0.2) is 0 Å². The lowest BCUT2D eigenvalue weighted by atomic mass is 10.1. The minimum absolute atomic E-state index is 0.235. The molecule has 0 aliphatic heterocycles. The second-order valence-corrected chi connectivity index (χ2v) is 3.65. The Hall–Kier alpha value is -1.53. The van der Waals surface area contributed by atoms with Gasteiger partial charge in [-0.25, -0.2) is 0 Å². The maximum Gasteiger partial charge on any atom is 0.101 e. The molecule has 1 aromatic rings. The first-order chi connectivity index (χ1) is 7.21. The van der Waals surface area contributed by atoms with Crippen LogP contribution in [0.4, 0.5) is 5.69 Å². The predicted octanol–water partition coefficient (Wildman–Crippen LogP) is 2.02. The number of benzene rings is 1. The zero-order valence-corrected chi connectivity index (χ0v) is 9.25. The number of nitrogens with two attached hydrogens (primary N) is 1. The summed E-state index contributed by atoms with van der Waals surface area (Å²) in [4.78, 5) is 0. The zero-order valence-electron chi connectivity index (χ0n) is 9.25. The van der Waals surface area contributed by atoms with Crippen molar-refractivity contribution < 1.29 is 0 Å². The molecule has 0 radical (unpaired) electrons. The fourth-order valence-corrected chi connectivity index (χ4v) is 1.42. The summed E-state index contributed by atoms with van der Waals surface area (Å²) in [7, 11) is 0. The summed E-state index contributed by atoms with van der Waals surface area (Å²) in [5.41, 5.74) is 8.31. The average molecular weight is 203 g/mol. The molecule has 0 bridgehead atoms. The first kappa shape index (κ1) is 11.5. The molecule has 0 heterocycles. The Morgan fingerprint density at radius 2 is 2.27 bits per heavy atom. The largest absolute Gasteiger partial charge is 0.380 e. The highest BCUT2D eigenvalue weighted by Gasteiger charge is 2.07. The Morgan fingerprint density at radius 3 is 2.80 bits per heavy atom. The maximum absolute atomic E-state index is 8.95. The van der Waals surface area contributed by atoms with E-state index in [2.05, 4.69) is 18.3 Å². The van der Waals surface area contributed by atoms with Crippen LogP contribution in [-0.2, 0) is 0 Å². The van der Waals surface area contributed by atoms with Crippen LogP contribution in [0.1, 0.15) is 24.5 Å². The molecule has 15 heavy (non-hydrogen) atoms. The molecule has 3 heteroatoms. The molecular formula is C12H17N3. The van der Waals surface area contributed by atoms with Gasteiger partial charge in [-0.1, -0.05) is 13.0 Å². The van der Waals surface area contributed by atoms with Crippen LogP contribution in [0, 0.1) is 18.3 Å². The van der Waals surface area contributed by atoms with Crippen LogP contribution in [0.25, 0.3) is 0 Å². The minimum Gasteiger partial charge on any atom is -0.380 e. The second kappa shape index (κ2) is 5.38. The number of rotatable bonds is 4. The van der Waals surface area contributed by atoms with E-state index in [9.17, 15) is 0 Å². The zero-order chi connectivity index (χ0) is 11.3. The summed E-state index contributed by atoms with van der Waals surface area (Å²) in [6.45, 7) is 4.66. The van der Waals surface area contributed by atoms with Crippen molar-refractivity contribution in [3.05, 3.63) is 29.3 Å². The van der Waals surface area contributed by atoms with Gasteiger partial charge in [-0.15, -0.1) is 0 Å². The van der Waals surface area contributed by atoms with Crippen molar-refractivity contribution in [1.82, 2.24) is 0 Å². The van der Waals surface area contributed by atoms with Gasteiger partial charge >= 0.3 is 0 Å². The van der Waals surface area contributed by atoms with Gasteiger partial charge < -0.3 is 11.1 Å². The number of hydrogen-bond donors (Lipinski definition) is 2. The highest BCUT2D eigenvalue weighted by Crippen LogP contribution is 2.17. The van der Waals surface area contributed by atoms with Crippen molar-refractivity contribution in [2.75, 3.05) is 11.9 Å². The molecular weight excluding hydrogens is 186 g/mol. The number of anilines is 1. The normalized spacial score (nSPS) is 11.9. The lowest BCUT2D eigenvalue weighted by molar-refractivity contribution is 0.703. The fourth-order valence-electron chi connectivity index (χ4n) is 1.42. The summed E-state index contributed by atoms with van der Waals surface area (Å²) in [6, 6.07) is 8.16. The van der Waals surface area contributed by atoms with E-state index in [1.165, 1.54) is 0 Å². The molecule has 1 unspecified atom stereocenters. The average Bonchev–Trinajstić information content (AvgIpc) is 2.26. The molecule has 1 atom stereocenters. The Bertz CT molecular complexity index is 362. The SMILES string of the molecule is CCC(CN)Nc1cc(C)ccc1C#N. The molecule has 0 aliphatic rings. The minimum atomic E-state index is 0.235. The van der Waals surface area contributed by atoms with Crippen molar-refractivity contribution in [3.63, 3.8) is 0 Å². The Labute approximate surface area is 90.9 Å². The highest BCUT2D eigenvalue weighted by molar-refractivity contribution is 5.59. The molecule has 0 fully saturated rings. The lowest BCUT2D eigenvalue weighted by Gasteiger charge is -2.17. The van der Waals surface area contributed by atoms with Crippen LogP contribution in [0.15, 0.2) is 18.2 Å². The van der Waals surface area contributed by atoms with E-state index >= 15 is 0 Å². The van der Waals surface area contributed by atoms with Crippen molar-refractivity contribution in [2.45, 2.75) is 26.3 Å². The highest BCUT2D eigenvalue weighted by atomic mass is 14.9. The number of nitrogens with zero attached hydrogens (tertiary/aromatic N) is 1. The topological polar surface area (TPSA) is 61.8 Å². The van der Waals surface area contributed by atoms with Gasteiger partial charge in [0.25, 0.3) is 0 Å². The molecule has 3 nitrogen and oxygen atoms in total. The van der Waals surface area contributed by atoms with E-state index in [0.29, 0.717) is 12.1 Å². The molecule has 0 saturated heterocycles. The van der Waals surface area contributed by atoms with Crippen molar-refractivity contribution in [1.29, 1.82) is 5.26 Å². The fraction of sp³-hybridized carbons (Fsp3) is 0.417. The van der Waals surface area contributed by atoms with Gasteiger partial charge in [-0.05, 0) is 31.0 Å². The number of aryl methyl sites for hydroxylation is 1. The Kier molecular flexibility index (Phi) is 4.14. The van der Waals surface area contributed by atoms with Crippen molar-refractivity contribution >= 4 is 5.69 Å². The predicted molar refractivity (Wildman–Crippen MR) is 62.7 cm³/mol. The summed E-state index contributed by atoms with van der Waals surface area (Å²) < 4.78 is 0. The van der Waals surface area contributed by atoms with Gasteiger partial charge in [0.2, 0.25) is 0 Å². The molecule has 0 amide bonds. The second-order valence-electron chi connectivity index (χ2n) is 3.65. The smallest absolute Gasteiger partial charge is 0.101 e. The summed E-state index contributed by atoms with van der Waals surface area (Å²) >= 11 is 0. The monoisotopic (exact) mass is 203 g/mol. The van der Waals surface area contributed by atoms with E-state index in [0.717, 1.165) is 17.7 Å². The maximum atomic E-state index is 8.95. The first-order valence-electron chi connectivity index (χ1n) is 5.18. The number of nitriles is 1. The molecule has 80 valence electrons. The van der Waals surface area contributed by atoms with Crippen LogP contribution < -0.4 is 11.1 Å². The molecule has 1 aromatic carbocycles. The van der Waals surface area contributed by atoms with Crippen LogP contribution in [0.2, 0.25) is 0 Å². The third kappa shape index (κ3) is 2.97. The van der Waals surface area contributed by atoms with Gasteiger partial charge in [0.1, 0.15) is 6.07 Å². The quantitative estimate of drug-likeness (QED) is 0.787. The molecule has 0 spiro atoms. The first-order valence-corrected chi connectivity index (χ1v) is 5.18. The van der Waals surface area contributed by atoms with E-state index in [-0.39, 0.29) is 6.04 Å². The third-order valence-electron chi connectivity index (χ3n) is 2.43. The Balaban J connectivity index is 2.92. The summed E-state index contributed by atoms with van der Waals surface area (Å²) in [5, 5.41) is 12.2. The third-order valence-corrected chi connectivity index (χ3v) is 2.43. The van der Waals surface area contributed by atoms with E-state index in [4.69, 9.17) is 11.0 Å². The molecule has 0 aromatic heterocycles. The van der Waals surface area contributed by atoms with Gasteiger partial charge in [0, 0.05) is 12.6 Å². The summed E-state index contributed by atoms with van der Waals surface area (Å²) in [5.74, 6) is 0. The number of hydrogen-bond acceptors (Lipinski definition) is 3. The van der Waals surface area contributed by atoms with E-state index < -0.39 is 0 Å². The van der Waals surface area contributed by atoms with Crippen LogP contribution in [0.5, 0.6) is 0 Å². The van der Waals surface area contributed by atoms with Gasteiger partial charge in [-0.2, -0.15) is 5.26 Å². The van der Waals surface area contributed by atoms with E-state index in [1.807, 2.05) is 25.1 Å². The lowest BCUT2D eigenvalue weighted by Crippen LogP contribution is -2.28. The van der Waals surface area contributed by atoms with Gasteiger partial charge in [-0.3, -0.25) is 0 Å². The Morgan fingerprint density at radius 1 is 1.53 bits per heavy atom. The molecule has 0 aliphatic carbocycles. The summed E-state index contributed by atoms with van der Waals surface area (Å²) in [6.07, 6.45) is 0.954. The van der Waals surface area contributed by atoms with Crippen LogP contribution in [0.3, 0.4) is 0 Å². The molecule has 3 N–H and O–H groups in total. The van der Waals surface area contributed by atoms with Gasteiger partial charge in [0.05, 0.1) is 11.3 Å². The van der Waals surface area contributed by atoms with E-state index in [1.54, 1.807) is 0 Å². The van der Waals surface area contributed by atoms with Crippen LogP contribution in [-0.4, -0.2) is 12.6 Å². The molecule has 1 rings (SSSR count). The van der Waals surface area contributed by atoms with Crippen molar-refractivity contribution in [2.24, 2.45) is 5.73 Å². The van der Waals surface area contributed by atoms with Crippen molar-refractivity contribution in [3.8, 4) is 6.07 Å². The van der Waals surface area contributed by atoms with Crippen LogP contribution >= 0.6 is 0 Å². The standard InChI is InChI=1S/C12H17N3/c1-3-11(8-14)15-12-6-9(2)4-5-10(12)7-13/h4-6,11,15H,3,8,14H2,1-2H3. The number of nitrogens with one attached hydrogen (secondary N) is 1.